The van der Waals surface area contributed by atoms with Crippen molar-refractivity contribution < 1.29 is 14.6 Å². The Balaban J connectivity index is 1.21. The smallest absolute Gasteiger partial charge is 0.120 e. The monoisotopic (exact) mass is 418 g/mol. The number of aliphatic hydroxyl groups excluding tert-OH is 1. The molecule has 0 radical (unpaired) electrons. The van der Waals surface area contributed by atoms with E-state index in [4.69, 9.17) is 9.47 Å². The fraction of sp³-hybridized carbons (Fsp3) is 0.308. The first-order valence-corrected chi connectivity index (χ1v) is 10.8. The summed E-state index contributed by atoms with van der Waals surface area (Å²) in [7, 11) is 1.69. The topological polar surface area (TPSA) is 45.2 Å². The lowest BCUT2D eigenvalue weighted by atomic mass is 10.1. The highest BCUT2D eigenvalue weighted by molar-refractivity contribution is 5.63. The van der Waals surface area contributed by atoms with Gasteiger partial charge in [-0.25, -0.2) is 0 Å². The van der Waals surface area contributed by atoms with Crippen LogP contribution in [-0.2, 0) is 0 Å². The second-order valence-electron chi connectivity index (χ2n) is 7.84. The van der Waals surface area contributed by atoms with Crippen LogP contribution in [0.2, 0.25) is 0 Å². The van der Waals surface area contributed by atoms with Crippen LogP contribution in [0.4, 0.5) is 5.69 Å². The van der Waals surface area contributed by atoms with Crippen molar-refractivity contribution in [3.8, 4) is 22.6 Å². The summed E-state index contributed by atoms with van der Waals surface area (Å²) in [6, 6.07) is 26.5. The van der Waals surface area contributed by atoms with Crippen molar-refractivity contribution in [3.05, 3.63) is 78.9 Å². The Morgan fingerprint density at radius 1 is 0.806 bits per heavy atom. The van der Waals surface area contributed by atoms with E-state index in [1.165, 1.54) is 11.3 Å². The number of hydrogen-bond acceptors (Lipinski definition) is 5. The maximum absolute atomic E-state index is 10.4. The average molecular weight is 419 g/mol. The van der Waals surface area contributed by atoms with Gasteiger partial charge in [0, 0.05) is 44.5 Å². The van der Waals surface area contributed by atoms with Gasteiger partial charge in [0.15, 0.2) is 0 Å². The fourth-order valence-corrected chi connectivity index (χ4v) is 3.91. The van der Waals surface area contributed by atoms with Crippen LogP contribution >= 0.6 is 0 Å². The van der Waals surface area contributed by atoms with E-state index < -0.39 is 6.10 Å². The van der Waals surface area contributed by atoms with Gasteiger partial charge in [-0.2, -0.15) is 0 Å². The van der Waals surface area contributed by atoms with Gasteiger partial charge in [0.05, 0.1) is 7.11 Å². The molecule has 1 unspecified atom stereocenters. The second-order valence-corrected chi connectivity index (χ2v) is 7.84. The molecular formula is C26H30N2O3. The molecule has 1 heterocycles. The van der Waals surface area contributed by atoms with Gasteiger partial charge in [-0.3, -0.25) is 4.90 Å². The van der Waals surface area contributed by atoms with Crippen LogP contribution in [0.1, 0.15) is 0 Å². The minimum atomic E-state index is -0.517. The molecule has 31 heavy (non-hydrogen) atoms. The van der Waals surface area contributed by atoms with E-state index in [0.717, 1.165) is 43.2 Å². The minimum absolute atomic E-state index is 0.292. The van der Waals surface area contributed by atoms with Gasteiger partial charge in [-0.05, 0) is 35.4 Å². The molecule has 3 aromatic rings. The van der Waals surface area contributed by atoms with Gasteiger partial charge >= 0.3 is 0 Å². The predicted molar refractivity (Wildman–Crippen MR) is 125 cm³/mol. The van der Waals surface area contributed by atoms with Gasteiger partial charge in [-0.15, -0.1) is 0 Å². The summed E-state index contributed by atoms with van der Waals surface area (Å²) in [6.45, 7) is 4.61. The molecular weight excluding hydrogens is 388 g/mol. The molecule has 1 aliphatic heterocycles. The molecule has 1 atom stereocenters. The van der Waals surface area contributed by atoms with Crippen molar-refractivity contribution in [2.45, 2.75) is 6.10 Å². The normalized spacial score (nSPS) is 15.5. The lowest BCUT2D eigenvalue weighted by Crippen LogP contribution is -2.49. The fourth-order valence-electron chi connectivity index (χ4n) is 3.91. The number of hydrogen-bond donors (Lipinski definition) is 1. The Hall–Kier alpha value is -3.02. The zero-order valence-corrected chi connectivity index (χ0v) is 18.0. The largest absolute Gasteiger partial charge is 0.497 e. The number of benzene rings is 3. The van der Waals surface area contributed by atoms with Crippen LogP contribution in [0.15, 0.2) is 78.9 Å². The van der Waals surface area contributed by atoms with Crippen molar-refractivity contribution in [1.29, 1.82) is 0 Å². The third-order valence-corrected chi connectivity index (χ3v) is 5.66. The summed E-state index contributed by atoms with van der Waals surface area (Å²) < 4.78 is 11.1. The van der Waals surface area contributed by atoms with Crippen LogP contribution in [0, 0.1) is 0 Å². The zero-order valence-electron chi connectivity index (χ0n) is 18.0. The SMILES string of the molecule is COc1cccc(N2CCN(CC(O)COc3ccc(-c4ccccc4)cc3)CC2)c1. The molecule has 0 aliphatic carbocycles. The number of β-amino-alcohol motifs (C(OH)–C–C–N with tert-alkyl or cyclic N) is 1. The number of ether oxygens (including phenoxy) is 2. The first-order chi connectivity index (χ1) is 15.2. The molecule has 0 spiro atoms. The third kappa shape index (κ3) is 5.78. The molecule has 162 valence electrons. The first kappa shape index (κ1) is 21.2. The van der Waals surface area contributed by atoms with E-state index in [1.54, 1.807) is 7.11 Å². The Morgan fingerprint density at radius 2 is 1.52 bits per heavy atom. The standard InChI is InChI=1S/C26H30N2O3/c1-30-26-9-5-8-23(18-26)28-16-14-27(15-17-28)19-24(29)20-31-25-12-10-22(11-13-25)21-6-3-2-4-7-21/h2-13,18,24,29H,14-17,19-20H2,1H3. The van der Waals surface area contributed by atoms with Gasteiger partial charge in [-0.1, -0.05) is 48.5 Å². The third-order valence-electron chi connectivity index (χ3n) is 5.66. The molecule has 1 fully saturated rings. The molecule has 0 aromatic heterocycles. The molecule has 5 nitrogen and oxygen atoms in total. The van der Waals surface area contributed by atoms with E-state index in [-0.39, 0.29) is 0 Å². The Bertz CT molecular complexity index is 938. The number of rotatable bonds is 8. The summed E-state index contributed by atoms with van der Waals surface area (Å²) in [6.07, 6.45) is -0.517. The maximum atomic E-state index is 10.4. The van der Waals surface area contributed by atoms with Crippen molar-refractivity contribution >= 4 is 5.69 Å². The number of anilines is 1. The second kappa shape index (κ2) is 10.3. The highest BCUT2D eigenvalue weighted by Crippen LogP contribution is 2.23. The molecule has 1 saturated heterocycles. The lowest BCUT2D eigenvalue weighted by molar-refractivity contribution is 0.0663. The van der Waals surface area contributed by atoms with E-state index >= 15 is 0 Å². The van der Waals surface area contributed by atoms with Crippen LogP contribution in [-0.4, -0.2) is 62.6 Å². The van der Waals surface area contributed by atoms with Crippen LogP contribution in [0.5, 0.6) is 11.5 Å². The Morgan fingerprint density at radius 3 is 2.23 bits per heavy atom. The predicted octanol–water partition coefficient (Wildman–Crippen LogP) is 3.92. The molecule has 5 heteroatoms. The van der Waals surface area contributed by atoms with Gasteiger partial charge in [0.25, 0.3) is 0 Å². The van der Waals surface area contributed by atoms with Crippen molar-refractivity contribution in [1.82, 2.24) is 4.90 Å². The molecule has 1 N–H and O–H groups in total. The van der Waals surface area contributed by atoms with Gasteiger partial charge in [0.1, 0.15) is 24.2 Å². The number of piperazine rings is 1. The summed E-state index contributed by atoms with van der Waals surface area (Å²) in [4.78, 5) is 4.65. The van der Waals surface area contributed by atoms with E-state index in [0.29, 0.717) is 13.2 Å². The van der Waals surface area contributed by atoms with Crippen molar-refractivity contribution in [2.75, 3.05) is 51.3 Å². The van der Waals surface area contributed by atoms with Crippen LogP contribution in [0.3, 0.4) is 0 Å². The summed E-state index contributed by atoms with van der Waals surface area (Å²) in [5.74, 6) is 1.66. The van der Waals surface area contributed by atoms with Crippen LogP contribution in [0.25, 0.3) is 11.1 Å². The number of methoxy groups -OCH3 is 1. The molecule has 0 saturated carbocycles. The van der Waals surface area contributed by atoms with E-state index in [2.05, 4.69) is 46.2 Å². The first-order valence-electron chi connectivity index (χ1n) is 10.8. The Kier molecular flexibility index (Phi) is 7.07. The Labute approximate surface area is 184 Å². The summed E-state index contributed by atoms with van der Waals surface area (Å²) >= 11 is 0. The summed E-state index contributed by atoms with van der Waals surface area (Å²) in [5, 5.41) is 10.4. The maximum Gasteiger partial charge on any atom is 0.120 e. The van der Waals surface area contributed by atoms with Crippen molar-refractivity contribution in [2.24, 2.45) is 0 Å². The quantitative estimate of drug-likeness (QED) is 0.601. The van der Waals surface area contributed by atoms with Gasteiger partial charge < -0.3 is 19.5 Å². The van der Waals surface area contributed by atoms with E-state index in [9.17, 15) is 5.11 Å². The number of aliphatic hydroxyl groups is 1. The van der Waals surface area contributed by atoms with Crippen LogP contribution < -0.4 is 14.4 Å². The summed E-state index contributed by atoms with van der Waals surface area (Å²) in [5.41, 5.74) is 3.52. The average Bonchev–Trinajstić information content (AvgIpc) is 2.84. The molecule has 0 bridgehead atoms. The van der Waals surface area contributed by atoms with Gasteiger partial charge in [0.2, 0.25) is 0 Å². The van der Waals surface area contributed by atoms with E-state index in [1.807, 2.05) is 42.5 Å². The lowest BCUT2D eigenvalue weighted by Gasteiger charge is -2.37. The molecule has 1 aliphatic rings. The van der Waals surface area contributed by atoms with Crippen molar-refractivity contribution in [3.63, 3.8) is 0 Å². The minimum Gasteiger partial charge on any atom is -0.497 e. The number of nitrogens with zero attached hydrogens (tertiary/aromatic N) is 2. The molecule has 4 rings (SSSR count). The molecule has 3 aromatic carbocycles. The molecule has 0 amide bonds. The highest BCUT2D eigenvalue weighted by atomic mass is 16.5. The zero-order chi connectivity index (χ0) is 21.5. The highest BCUT2D eigenvalue weighted by Gasteiger charge is 2.20.